The Balaban J connectivity index is 0.00000242. The van der Waals surface area contributed by atoms with Crippen molar-refractivity contribution in [2.75, 3.05) is 33.7 Å². The average molecular weight is 436 g/mol. The number of rotatable bonds is 4. The Bertz CT molecular complexity index is 470. The quantitative estimate of drug-likeness (QED) is 0.448. The molecular formula is C15H25IN4OS. The lowest BCUT2D eigenvalue weighted by atomic mass is 10.1. The van der Waals surface area contributed by atoms with Crippen LogP contribution in [-0.2, 0) is 11.3 Å². The topological polar surface area (TPSA) is 47.9 Å². The highest BCUT2D eigenvalue weighted by Gasteiger charge is 2.15. The fourth-order valence-electron chi connectivity index (χ4n) is 2.24. The van der Waals surface area contributed by atoms with Gasteiger partial charge in [0.15, 0.2) is 5.96 Å². The number of nitrogens with zero attached hydrogens (tertiary/aromatic N) is 3. The zero-order chi connectivity index (χ0) is 15.1. The van der Waals surface area contributed by atoms with Crippen LogP contribution in [0.5, 0.6) is 0 Å². The molecule has 0 bridgehead atoms. The van der Waals surface area contributed by atoms with E-state index in [1.807, 2.05) is 0 Å². The van der Waals surface area contributed by atoms with E-state index in [9.17, 15) is 4.79 Å². The minimum absolute atomic E-state index is 0. The van der Waals surface area contributed by atoms with Crippen molar-refractivity contribution >= 4 is 47.2 Å². The third kappa shape index (κ3) is 6.12. The molecule has 0 radical (unpaired) electrons. The summed E-state index contributed by atoms with van der Waals surface area (Å²) < 4.78 is 0. The Kier molecular flexibility index (Phi) is 8.77. The lowest BCUT2D eigenvalue weighted by Gasteiger charge is -2.30. The zero-order valence-corrected chi connectivity index (χ0v) is 16.4. The summed E-state index contributed by atoms with van der Waals surface area (Å²) in [4.78, 5) is 21.4. The summed E-state index contributed by atoms with van der Waals surface area (Å²) in [5.74, 6) is 0.890. The highest BCUT2D eigenvalue weighted by Crippen LogP contribution is 2.11. The van der Waals surface area contributed by atoms with E-state index in [2.05, 4.69) is 32.7 Å². The van der Waals surface area contributed by atoms with Crippen molar-refractivity contribution in [1.29, 1.82) is 0 Å². The molecule has 124 valence electrons. The van der Waals surface area contributed by atoms with E-state index in [-0.39, 0.29) is 36.4 Å². The molecule has 0 aliphatic carbocycles. The van der Waals surface area contributed by atoms with Crippen molar-refractivity contribution in [2.24, 2.45) is 4.99 Å². The van der Waals surface area contributed by atoms with Gasteiger partial charge in [0.2, 0.25) is 5.91 Å². The van der Waals surface area contributed by atoms with Crippen LogP contribution in [0.15, 0.2) is 22.5 Å². The van der Waals surface area contributed by atoms with Gasteiger partial charge in [0.1, 0.15) is 6.54 Å². The second-order valence-corrected chi connectivity index (χ2v) is 6.44. The van der Waals surface area contributed by atoms with E-state index < -0.39 is 0 Å². The van der Waals surface area contributed by atoms with E-state index >= 15 is 0 Å². The molecule has 2 rings (SSSR count). The number of hydrogen-bond donors (Lipinski definition) is 1. The van der Waals surface area contributed by atoms with Crippen LogP contribution in [0.4, 0.5) is 0 Å². The van der Waals surface area contributed by atoms with Crippen molar-refractivity contribution in [3.63, 3.8) is 0 Å². The van der Waals surface area contributed by atoms with Crippen molar-refractivity contribution in [1.82, 2.24) is 15.1 Å². The van der Waals surface area contributed by atoms with Gasteiger partial charge >= 0.3 is 0 Å². The van der Waals surface area contributed by atoms with Gasteiger partial charge in [-0.25, -0.2) is 4.99 Å². The predicted molar refractivity (Wildman–Crippen MR) is 103 cm³/mol. The van der Waals surface area contributed by atoms with E-state index in [0.29, 0.717) is 0 Å². The van der Waals surface area contributed by atoms with Crippen molar-refractivity contribution in [3.05, 3.63) is 22.4 Å². The minimum Gasteiger partial charge on any atom is -0.351 e. The molecule has 1 fully saturated rings. The molecule has 1 saturated heterocycles. The monoisotopic (exact) mass is 436 g/mol. The Hall–Kier alpha value is -0.830. The van der Waals surface area contributed by atoms with E-state index in [4.69, 9.17) is 0 Å². The number of likely N-dealkylation sites (tertiary alicyclic amines) is 1. The van der Waals surface area contributed by atoms with Crippen LogP contribution in [0.2, 0.25) is 0 Å². The highest BCUT2D eigenvalue weighted by atomic mass is 127. The fourth-order valence-corrected chi connectivity index (χ4v) is 2.88. The first-order chi connectivity index (χ1) is 10.2. The summed E-state index contributed by atoms with van der Waals surface area (Å²) in [6.45, 7) is 3.01. The summed E-state index contributed by atoms with van der Waals surface area (Å²) in [6, 6.07) is 4.16. The number of halogens is 1. The summed E-state index contributed by atoms with van der Waals surface area (Å²) in [5, 5.41) is 5.48. The minimum atomic E-state index is 0. The number of thiophene rings is 1. The molecule has 22 heavy (non-hydrogen) atoms. The number of likely N-dealkylation sites (N-methyl/N-ethyl adjacent to an activating group) is 1. The van der Waals surface area contributed by atoms with Crippen LogP contribution in [0.3, 0.4) is 0 Å². The number of nitrogens with one attached hydrogen (secondary N) is 1. The lowest BCUT2D eigenvalue weighted by Crippen LogP contribution is -2.44. The first-order valence-electron chi connectivity index (χ1n) is 7.42. The first kappa shape index (κ1) is 19.2. The Labute approximate surface area is 153 Å². The van der Waals surface area contributed by atoms with E-state index in [0.717, 1.165) is 25.6 Å². The second kappa shape index (κ2) is 10.0. The molecule has 0 spiro atoms. The predicted octanol–water partition coefficient (Wildman–Crippen LogP) is 2.39. The van der Waals surface area contributed by atoms with Crippen LogP contribution in [0, 0.1) is 0 Å². The number of piperidine rings is 1. The maximum atomic E-state index is 11.7. The molecule has 1 aromatic heterocycles. The molecule has 1 N–H and O–H groups in total. The van der Waals surface area contributed by atoms with Crippen LogP contribution in [-0.4, -0.2) is 55.4 Å². The van der Waals surface area contributed by atoms with Gasteiger partial charge in [-0.05, 0) is 30.7 Å². The first-order valence-corrected chi connectivity index (χ1v) is 8.30. The van der Waals surface area contributed by atoms with Crippen molar-refractivity contribution < 1.29 is 4.79 Å². The van der Waals surface area contributed by atoms with Gasteiger partial charge in [0.25, 0.3) is 0 Å². The number of amides is 1. The number of carbonyl (C=O) groups excluding carboxylic acids is 1. The van der Waals surface area contributed by atoms with Gasteiger partial charge in [-0.3, -0.25) is 4.79 Å². The third-order valence-electron chi connectivity index (χ3n) is 3.52. The van der Waals surface area contributed by atoms with Crippen molar-refractivity contribution in [3.8, 4) is 0 Å². The summed E-state index contributed by atoms with van der Waals surface area (Å²) in [5.41, 5.74) is 0. The van der Waals surface area contributed by atoms with Crippen LogP contribution in [0.1, 0.15) is 24.1 Å². The largest absolute Gasteiger partial charge is 0.351 e. The van der Waals surface area contributed by atoms with E-state index in [1.54, 1.807) is 30.3 Å². The SMILES string of the molecule is CN(C)C(=O)CN=C(NCc1cccs1)N1CCCCC1.I. The number of hydrogen-bond acceptors (Lipinski definition) is 3. The Morgan fingerprint density at radius 2 is 2.09 bits per heavy atom. The average Bonchev–Trinajstić information content (AvgIpc) is 3.01. The van der Waals surface area contributed by atoms with Gasteiger partial charge in [-0.2, -0.15) is 0 Å². The van der Waals surface area contributed by atoms with E-state index in [1.165, 1.54) is 24.1 Å². The third-order valence-corrected chi connectivity index (χ3v) is 4.40. The zero-order valence-electron chi connectivity index (χ0n) is 13.2. The second-order valence-electron chi connectivity index (χ2n) is 5.41. The molecule has 1 aliphatic rings. The van der Waals surface area contributed by atoms with Crippen LogP contribution in [0.25, 0.3) is 0 Å². The molecule has 0 unspecified atom stereocenters. The number of aliphatic imine (C=N–C) groups is 1. The molecule has 1 aliphatic heterocycles. The molecule has 1 aromatic rings. The molecule has 0 saturated carbocycles. The molecule has 0 atom stereocenters. The maximum absolute atomic E-state index is 11.7. The Morgan fingerprint density at radius 3 is 2.68 bits per heavy atom. The van der Waals surface area contributed by atoms with Gasteiger partial charge < -0.3 is 15.1 Å². The van der Waals surface area contributed by atoms with Crippen LogP contribution >= 0.6 is 35.3 Å². The van der Waals surface area contributed by atoms with Crippen molar-refractivity contribution in [2.45, 2.75) is 25.8 Å². The van der Waals surface area contributed by atoms with Crippen LogP contribution < -0.4 is 5.32 Å². The normalized spacial score (nSPS) is 15.2. The molecule has 1 amide bonds. The molecular weight excluding hydrogens is 411 g/mol. The molecule has 2 heterocycles. The lowest BCUT2D eigenvalue weighted by molar-refractivity contribution is -0.127. The van der Waals surface area contributed by atoms with Gasteiger partial charge in [-0.15, -0.1) is 35.3 Å². The molecule has 5 nitrogen and oxygen atoms in total. The summed E-state index contributed by atoms with van der Waals surface area (Å²) in [7, 11) is 3.52. The van der Waals surface area contributed by atoms with Gasteiger partial charge in [0, 0.05) is 32.1 Å². The number of guanidine groups is 1. The standard InChI is InChI=1S/C15H24N4OS.HI/c1-18(2)14(20)12-17-15(19-8-4-3-5-9-19)16-11-13-7-6-10-21-13;/h6-7,10H,3-5,8-9,11-12H2,1-2H3,(H,16,17);1H. The summed E-state index contributed by atoms with van der Waals surface area (Å²) in [6.07, 6.45) is 3.67. The fraction of sp³-hybridized carbons (Fsp3) is 0.600. The van der Waals surface area contributed by atoms with Gasteiger partial charge in [0.05, 0.1) is 6.54 Å². The number of carbonyl (C=O) groups is 1. The summed E-state index contributed by atoms with van der Waals surface area (Å²) >= 11 is 1.73. The molecule has 7 heteroatoms. The molecule has 0 aromatic carbocycles. The maximum Gasteiger partial charge on any atom is 0.243 e. The smallest absolute Gasteiger partial charge is 0.243 e. The Morgan fingerprint density at radius 1 is 1.36 bits per heavy atom. The highest BCUT2D eigenvalue weighted by molar-refractivity contribution is 14.0. The van der Waals surface area contributed by atoms with Gasteiger partial charge in [-0.1, -0.05) is 6.07 Å².